The van der Waals surface area contributed by atoms with Gasteiger partial charge in [0.05, 0.1) is 5.69 Å². The lowest BCUT2D eigenvalue weighted by molar-refractivity contribution is 0.102. The van der Waals surface area contributed by atoms with Gasteiger partial charge in [0, 0.05) is 11.1 Å². The molecule has 0 radical (unpaired) electrons. The number of carbonyl (C=O) groups excluding carboxylic acids is 2. The van der Waals surface area contributed by atoms with Crippen molar-refractivity contribution >= 4 is 17.9 Å². The Morgan fingerprint density at radius 2 is 1.21 bits per heavy atom. The molecule has 0 fully saturated rings. The molecule has 1 N–H and O–H groups in total. The molecule has 0 saturated carbocycles. The number of nitrogens with one attached hydrogen (secondary N) is 1. The van der Waals surface area contributed by atoms with Crippen molar-refractivity contribution in [3.05, 3.63) is 114 Å². The quantitative estimate of drug-likeness (QED) is 0.428. The lowest BCUT2D eigenvalue weighted by atomic mass is 10.0. The van der Waals surface area contributed by atoms with Crippen molar-refractivity contribution in [1.29, 1.82) is 0 Å². The van der Waals surface area contributed by atoms with E-state index in [1.54, 1.807) is 12.1 Å². The monoisotopic (exact) mass is 377 g/mol. The van der Waals surface area contributed by atoms with Crippen molar-refractivity contribution in [2.45, 2.75) is 0 Å². The molecule has 29 heavy (non-hydrogen) atoms. The van der Waals surface area contributed by atoms with Gasteiger partial charge in [0.15, 0.2) is 6.29 Å². The maximum atomic E-state index is 12.9. The number of hydrogen-bond acceptors (Lipinski definition) is 2. The Morgan fingerprint density at radius 1 is 0.621 bits per heavy atom. The van der Waals surface area contributed by atoms with E-state index in [0.29, 0.717) is 16.8 Å². The van der Waals surface area contributed by atoms with E-state index in [2.05, 4.69) is 5.32 Å². The highest BCUT2D eigenvalue weighted by Crippen LogP contribution is 2.26. The minimum absolute atomic E-state index is 0.254. The van der Waals surface area contributed by atoms with Crippen LogP contribution in [-0.4, -0.2) is 12.2 Å². The summed E-state index contributed by atoms with van der Waals surface area (Å²) in [6.45, 7) is 0. The van der Waals surface area contributed by atoms with Gasteiger partial charge >= 0.3 is 0 Å². The largest absolute Gasteiger partial charge is 0.321 e. The Bertz CT molecular complexity index is 1150. The summed E-state index contributed by atoms with van der Waals surface area (Å²) in [6.07, 6.45) is 0.755. The van der Waals surface area contributed by atoms with Crippen molar-refractivity contribution in [1.82, 2.24) is 0 Å². The zero-order valence-electron chi connectivity index (χ0n) is 15.7. The van der Waals surface area contributed by atoms with E-state index in [9.17, 15) is 9.59 Å². The Hall–Kier alpha value is -3.98. The van der Waals surface area contributed by atoms with Crippen molar-refractivity contribution in [3.63, 3.8) is 0 Å². The molecule has 140 valence electrons. The Kier molecular flexibility index (Phi) is 5.30. The second kappa shape index (κ2) is 8.36. The Balaban J connectivity index is 1.64. The molecule has 1 amide bonds. The minimum Gasteiger partial charge on any atom is -0.321 e. The van der Waals surface area contributed by atoms with Gasteiger partial charge in [-0.2, -0.15) is 0 Å². The smallest absolute Gasteiger partial charge is 0.255 e. The van der Waals surface area contributed by atoms with Crippen LogP contribution in [0.25, 0.3) is 22.3 Å². The fourth-order valence-electron chi connectivity index (χ4n) is 3.24. The van der Waals surface area contributed by atoms with E-state index in [0.717, 1.165) is 28.5 Å². The summed E-state index contributed by atoms with van der Waals surface area (Å²) in [7, 11) is 0. The second-order valence-corrected chi connectivity index (χ2v) is 6.69. The third-order valence-corrected chi connectivity index (χ3v) is 4.77. The average Bonchev–Trinajstić information content (AvgIpc) is 2.80. The van der Waals surface area contributed by atoms with E-state index >= 15 is 0 Å². The number of hydrogen-bond donors (Lipinski definition) is 1. The number of aldehydes is 1. The maximum Gasteiger partial charge on any atom is 0.255 e. The van der Waals surface area contributed by atoms with Gasteiger partial charge in [0.2, 0.25) is 0 Å². The zero-order chi connectivity index (χ0) is 20.1. The fraction of sp³-hybridized carbons (Fsp3) is 0. The first-order chi connectivity index (χ1) is 14.2. The molecule has 4 rings (SSSR count). The van der Waals surface area contributed by atoms with E-state index < -0.39 is 0 Å². The first-order valence-corrected chi connectivity index (χ1v) is 9.36. The molecule has 0 aliphatic carbocycles. The van der Waals surface area contributed by atoms with E-state index in [1.165, 1.54) is 0 Å². The van der Waals surface area contributed by atoms with Crippen LogP contribution in [0.2, 0.25) is 0 Å². The van der Waals surface area contributed by atoms with Gasteiger partial charge in [-0.05, 0) is 46.5 Å². The van der Waals surface area contributed by atoms with Crippen LogP contribution in [-0.2, 0) is 0 Å². The van der Waals surface area contributed by atoms with Gasteiger partial charge in [0.25, 0.3) is 5.91 Å². The third kappa shape index (κ3) is 4.14. The van der Waals surface area contributed by atoms with Gasteiger partial charge in [-0.25, -0.2) is 0 Å². The summed E-state index contributed by atoms with van der Waals surface area (Å²) in [5.41, 5.74) is 5.44. The number of anilines is 1. The van der Waals surface area contributed by atoms with Crippen LogP contribution in [0.15, 0.2) is 103 Å². The van der Waals surface area contributed by atoms with Gasteiger partial charge in [-0.1, -0.05) is 78.9 Å². The van der Waals surface area contributed by atoms with Crippen molar-refractivity contribution < 1.29 is 9.59 Å². The molecule has 3 nitrogen and oxygen atoms in total. The van der Waals surface area contributed by atoms with Gasteiger partial charge < -0.3 is 5.32 Å². The first-order valence-electron chi connectivity index (χ1n) is 9.36. The number of benzene rings is 4. The van der Waals surface area contributed by atoms with Gasteiger partial charge in [-0.15, -0.1) is 0 Å². The number of amides is 1. The summed E-state index contributed by atoms with van der Waals surface area (Å²) in [4.78, 5) is 24.4. The molecular weight excluding hydrogens is 358 g/mol. The lowest BCUT2D eigenvalue weighted by Crippen LogP contribution is -2.13. The Morgan fingerprint density at radius 3 is 1.83 bits per heavy atom. The molecule has 4 aromatic rings. The molecule has 0 bridgehead atoms. The molecule has 3 heteroatoms. The number of carbonyl (C=O) groups is 2. The molecule has 0 saturated heterocycles. The predicted octanol–water partition coefficient (Wildman–Crippen LogP) is 6.09. The highest BCUT2D eigenvalue weighted by Gasteiger charge is 2.11. The lowest BCUT2D eigenvalue weighted by Gasteiger charge is -2.11. The number of rotatable bonds is 5. The van der Waals surface area contributed by atoms with E-state index in [4.69, 9.17) is 0 Å². The summed E-state index contributed by atoms with van der Waals surface area (Å²) < 4.78 is 0. The van der Waals surface area contributed by atoms with Crippen LogP contribution in [0.1, 0.15) is 20.7 Å². The molecular formula is C26H19NO2. The van der Waals surface area contributed by atoms with Gasteiger partial charge in [-0.3, -0.25) is 9.59 Å². The molecule has 0 aromatic heterocycles. The van der Waals surface area contributed by atoms with Crippen molar-refractivity contribution in [2.24, 2.45) is 0 Å². The molecule has 0 atom stereocenters. The molecule has 0 heterocycles. The first kappa shape index (κ1) is 18.4. The molecule has 4 aromatic carbocycles. The topological polar surface area (TPSA) is 46.2 Å². The average molecular weight is 377 g/mol. The van der Waals surface area contributed by atoms with Crippen LogP contribution in [0.3, 0.4) is 0 Å². The third-order valence-electron chi connectivity index (χ3n) is 4.77. The van der Waals surface area contributed by atoms with E-state index in [-0.39, 0.29) is 5.91 Å². The van der Waals surface area contributed by atoms with Crippen molar-refractivity contribution in [3.8, 4) is 22.3 Å². The van der Waals surface area contributed by atoms with Crippen LogP contribution in [0, 0.1) is 0 Å². The van der Waals surface area contributed by atoms with Crippen molar-refractivity contribution in [2.75, 3.05) is 5.32 Å². The minimum atomic E-state index is -0.254. The van der Waals surface area contributed by atoms with Crippen LogP contribution in [0.4, 0.5) is 5.69 Å². The van der Waals surface area contributed by atoms with E-state index in [1.807, 2.05) is 91.0 Å². The predicted molar refractivity (Wildman–Crippen MR) is 117 cm³/mol. The summed E-state index contributed by atoms with van der Waals surface area (Å²) in [5, 5.41) is 2.90. The molecule has 0 aliphatic rings. The molecule has 0 aliphatic heterocycles. The highest BCUT2D eigenvalue weighted by atomic mass is 16.1. The molecule has 0 spiro atoms. The SMILES string of the molecule is O=Cc1ccc(-c2ccccc2)cc1NC(=O)c1cccc(-c2ccccc2)c1. The second-order valence-electron chi connectivity index (χ2n) is 6.69. The molecule has 0 unspecified atom stereocenters. The normalized spacial score (nSPS) is 10.3. The van der Waals surface area contributed by atoms with Crippen LogP contribution in [0.5, 0.6) is 0 Å². The standard InChI is InChI=1S/C26H19NO2/c28-18-24-15-14-22(20-10-5-2-6-11-20)17-25(24)27-26(29)23-13-7-12-21(16-23)19-8-3-1-4-9-19/h1-18H,(H,27,29). The fourth-order valence-corrected chi connectivity index (χ4v) is 3.24. The van der Waals surface area contributed by atoms with Gasteiger partial charge in [0.1, 0.15) is 0 Å². The highest BCUT2D eigenvalue weighted by molar-refractivity contribution is 6.07. The summed E-state index contributed by atoms with van der Waals surface area (Å²) >= 11 is 0. The Labute approximate surface area is 169 Å². The summed E-state index contributed by atoms with van der Waals surface area (Å²) in [6, 6.07) is 32.6. The van der Waals surface area contributed by atoms with Crippen LogP contribution < -0.4 is 5.32 Å². The zero-order valence-corrected chi connectivity index (χ0v) is 15.7. The maximum absolute atomic E-state index is 12.9. The summed E-state index contributed by atoms with van der Waals surface area (Å²) in [5.74, 6) is -0.254. The van der Waals surface area contributed by atoms with Crippen LogP contribution >= 0.6 is 0 Å².